The zero-order chi connectivity index (χ0) is 16.1. The molecule has 1 aliphatic carbocycles. The van der Waals surface area contributed by atoms with Crippen LogP contribution in [0.1, 0.15) is 54.0 Å². The first kappa shape index (κ1) is 22.6. The van der Waals surface area contributed by atoms with Crippen molar-refractivity contribution in [1.82, 2.24) is 14.8 Å². The van der Waals surface area contributed by atoms with Gasteiger partial charge in [-0.2, -0.15) is 0 Å². The largest absolute Gasteiger partial charge is 0.336 e. The molecule has 1 aliphatic heterocycles. The van der Waals surface area contributed by atoms with Gasteiger partial charge in [0, 0.05) is 38.1 Å². The molecule has 1 aromatic heterocycles. The van der Waals surface area contributed by atoms with E-state index in [-0.39, 0.29) is 30.7 Å². The molecule has 0 radical (unpaired) electrons. The van der Waals surface area contributed by atoms with E-state index in [1.807, 2.05) is 10.3 Å². The Morgan fingerprint density at radius 2 is 1.88 bits per heavy atom. The SMILES string of the molecule is Cl.Cl.NCc1nc(C(=O)N2CCCN(CC3CCCCC3)CC2)cs1. The first-order valence-corrected chi connectivity index (χ1v) is 9.80. The highest BCUT2D eigenvalue weighted by molar-refractivity contribution is 7.09. The average molecular weight is 409 g/mol. The summed E-state index contributed by atoms with van der Waals surface area (Å²) in [5, 5.41) is 2.68. The van der Waals surface area contributed by atoms with Crippen LogP contribution in [0, 0.1) is 5.92 Å². The minimum absolute atomic E-state index is 0. The first-order valence-electron chi connectivity index (χ1n) is 8.92. The van der Waals surface area contributed by atoms with Crippen molar-refractivity contribution >= 4 is 42.1 Å². The fourth-order valence-electron chi connectivity index (χ4n) is 3.76. The summed E-state index contributed by atoms with van der Waals surface area (Å²) < 4.78 is 0. The van der Waals surface area contributed by atoms with Gasteiger partial charge < -0.3 is 15.5 Å². The van der Waals surface area contributed by atoms with E-state index in [9.17, 15) is 4.79 Å². The minimum Gasteiger partial charge on any atom is -0.336 e. The number of carbonyl (C=O) groups excluding carboxylic acids is 1. The van der Waals surface area contributed by atoms with Crippen LogP contribution < -0.4 is 5.73 Å². The fourth-order valence-corrected chi connectivity index (χ4v) is 4.40. The van der Waals surface area contributed by atoms with Crippen molar-refractivity contribution in [2.24, 2.45) is 11.7 Å². The minimum atomic E-state index is 0. The van der Waals surface area contributed by atoms with Crippen molar-refractivity contribution in [1.29, 1.82) is 0 Å². The molecule has 0 atom stereocenters. The molecule has 2 N–H and O–H groups in total. The van der Waals surface area contributed by atoms with Gasteiger partial charge in [-0.25, -0.2) is 4.98 Å². The maximum Gasteiger partial charge on any atom is 0.273 e. The molecule has 2 aliphatic rings. The van der Waals surface area contributed by atoms with Crippen LogP contribution in [0.4, 0.5) is 0 Å². The number of hydrogen-bond donors (Lipinski definition) is 1. The van der Waals surface area contributed by atoms with Crippen LogP contribution in [0.15, 0.2) is 5.38 Å². The lowest BCUT2D eigenvalue weighted by atomic mass is 9.89. The van der Waals surface area contributed by atoms with Crippen LogP contribution in [0.5, 0.6) is 0 Å². The molecule has 1 saturated heterocycles. The summed E-state index contributed by atoms with van der Waals surface area (Å²) in [5.41, 5.74) is 6.16. The van der Waals surface area contributed by atoms with Gasteiger partial charge >= 0.3 is 0 Å². The van der Waals surface area contributed by atoms with Gasteiger partial charge in [0.05, 0.1) is 0 Å². The number of halogens is 2. The van der Waals surface area contributed by atoms with Crippen LogP contribution in [-0.4, -0.2) is 53.4 Å². The Labute approximate surface area is 167 Å². The summed E-state index contributed by atoms with van der Waals surface area (Å²) in [6.07, 6.45) is 8.05. The number of thiazole rings is 1. The number of nitrogens with zero attached hydrogens (tertiary/aromatic N) is 3. The molecule has 0 bridgehead atoms. The monoisotopic (exact) mass is 408 g/mol. The highest BCUT2D eigenvalue weighted by Gasteiger charge is 2.24. The quantitative estimate of drug-likeness (QED) is 0.830. The normalized spacial score (nSPS) is 19.6. The third-order valence-electron chi connectivity index (χ3n) is 5.06. The van der Waals surface area contributed by atoms with Crippen LogP contribution in [0.2, 0.25) is 0 Å². The lowest BCUT2D eigenvalue weighted by Crippen LogP contribution is -2.37. The predicted molar refractivity (Wildman–Crippen MR) is 108 cm³/mol. The van der Waals surface area contributed by atoms with Crippen LogP contribution >= 0.6 is 36.2 Å². The molecule has 0 spiro atoms. The third kappa shape index (κ3) is 6.36. The number of rotatable bonds is 4. The second-order valence-corrected chi connectivity index (χ2v) is 7.72. The average Bonchev–Trinajstić information content (AvgIpc) is 2.95. The van der Waals surface area contributed by atoms with Gasteiger partial charge in [-0.05, 0) is 31.7 Å². The van der Waals surface area contributed by atoms with E-state index in [2.05, 4.69) is 9.88 Å². The van der Waals surface area contributed by atoms with Crippen LogP contribution in [0.3, 0.4) is 0 Å². The first-order chi connectivity index (χ1) is 11.3. The molecular formula is C17H30Cl2N4OS. The van der Waals surface area contributed by atoms with E-state index in [0.29, 0.717) is 12.2 Å². The molecule has 25 heavy (non-hydrogen) atoms. The highest BCUT2D eigenvalue weighted by Crippen LogP contribution is 2.25. The molecule has 3 rings (SSSR count). The summed E-state index contributed by atoms with van der Waals surface area (Å²) in [6.45, 7) is 5.40. The Bertz CT molecular complexity index is 523. The zero-order valence-electron chi connectivity index (χ0n) is 14.7. The Balaban J connectivity index is 0.00000156. The van der Waals surface area contributed by atoms with E-state index < -0.39 is 0 Å². The fraction of sp³-hybridized carbons (Fsp3) is 0.765. The van der Waals surface area contributed by atoms with Crippen LogP contribution in [-0.2, 0) is 6.54 Å². The lowest BCUT2D eigenvalue weighted by molar-refractivity contribution is 0.0754. The summed E-state index contributed by atoms with van der Waals surface area (Å²) in [5.74, 6) is 0.942. The number of nitrogens with two attached hydrogens (primary N) is 1. The van der Waals surface area contributed by atoms with Gasteiger partial charge in [-0.3, -0.25) is 4.79 Å². The van der Waals surface area contributed by atoms with E-state index in [1.165, 1.54) is 50.0 Å². The summed E-state index contributed by atoms with van der Waals surface area (Å²) in [7, 11) is 0. The third-order valence-corrected chi connectivity index (χ3v) is 5.93. The van der Waals surface area contributed by atoms with Gasteiger partial charge in [0.15, 0.2) is 0 Å². The molecule has 1 aromatic rings. The second kappa shape index (κ2) is 11.3. The molecule has 0 unspecified atom stereocenters. The zero-order valence-corrected chi connectivity index (χ0v) is 17.1. The highest BCUT2D eigenvalue weighted by atomic mass is 35.5. The Kier molecular flexibility index (Phi) is 10.3. The van der Waals surface area contributed by atoms with Gasteiger partial charge in [0.25, 0.3) is 5.91 Å². The van der Waals surface area contributed by atoms with E-state index >= 15 is 0 Å². The van der Waals surface area contributed by atoms with Crippen molar-refractivity contribution in [2.45, 2.75) is 45.1 Å². The van der Waals surface area contributed by atoms with Crippen molar-refractivity contribution < 1.29 is 4.79 Å². The number of aromatic nitrogens is 1. The molecular weight excluding hydrogens is 379 g/mol. The predicted octanol–water partition coefficient (Wildman–Crippen LogP) is 3.17. The molecule has 2 fully saturated rings. The molecule has 2 heterocycles. The van der Waals surface area contributed by atoms with Crippen molar-refractivity contribution in [2.75, 3.05) is 32.7 Å². The number of carbonyl (C=O) groups is 1. The maximum atomic E-state index is 12.6. The summed E-state index contributed by atoms with van der Waals surface area (Å²) >= 11 is 1.48. The molecule has 1 amide bonds. The summed E-state index contributed by atoms with van der Waals surface area (Å²) in [4.78, 5) is 21.5. The van der Waals surface area contributed by atoms with Crippen LogP contribution in [0.25, 0.3) is 0 Å². The number of amides is 1. The molecule has 8 heteroatoms. The van der Waals surface area contributed by atoms with E-state index in [0.717, 1.165) is 43.5 Å². The lowest BCUT2D eigenvalue weighted by Gasteiger charge is -2.28. The number of hydrogen-bond acceptors (Lipinski definition) is 5. The smallest absolute Gasteiger partial charge is 0.273 e. The van der Waals surface area contributed by atoms with Crippen molar-refractivity contribution in [3.05, 3.63) is 16.1 Å². The van der Waals surface area contributed by atoms with Gasteiger partial charge in [0.2, 0.25) is 0 Å². The molecule has 1 saturated carbocycles. The van der Waals surface area contributed by atoms with Gasteiger partial charge in [-0.15, -0.1) is 36.2 Å². The Morgan fingerprint density at radius 1 is 1.12 bits per heavy atom. The molecule has 0 aromatic carbocycles. The van der Waals surface area contributed by atoms with E-state index in [1.54, 1.807) is 0 Å². The summed E-state index contributed by atoms with van der Waals surface area (Å²) in [6, 6.07) is 0. The maximum absolute atomic E-state index is 12.6. The van der Waals surface area contributed by atoms with E-state index in [4.69, 9.17) is 5.73 Å². The van der Waals surface area contributed by atoms with Crippen molar-refractivity contribution in [3.8, 4) is 0 Å². The second-order valence-electron chi connectivity index (χ2n) is 6.78. The molecule has 5 nitrogen and oxygen atoms in total. The molecule has 144 valence electrons. The van der Waals surface area contributed by atoms with Gasteiger partial charge in [-0.1, -0.05) is 19.3 Å². The standard InChI is InChI=1S/C17H28N4OS.2ClH/c18-11-16-19-15(13-23-16)17(22)21-8-4-7-20(9-10-21)12-14-5-2-1-3-6-14;;/h13-14H,1-12,18H2;2*1H. The van der Waals surface area contributed by atoms with Crippen molar-refractivity contribution in [3.63, 3.8) is 0 Å². The Morgan fingerprint density at radius 3 is 2.56 bits per heavy atom. The topological polar surface area (TPSA) is 62.5 Å². The Hall–Kier alpha value is -0.400. The van der Waals surface area contributed by atoms with Gasteiger partial charge in [0.1, 0.15) is 10.7 Å².